The Balaban J connectivity index is 2.15. The average Bonchev–Trinajstić information content (AvgIpc) is 2.86. The molecular weight excluding hydrogens is 262 g/mol. The van der Waals surface area contributed by atoms with Crippen molar-refractivity contribution in [2.75, 3.05) is 26.4 Å². The van der Waals surface area contributed by atoms with Crippen molar-refractivity contribution in [2.24, 2.45) is 0 Å². The molecule has 2 rings (SSSR count). The van der Waals surface area contributed by atoms with Crippen molar-refractivity contribution < 1.29 is 8.78 Å². The quantitative estimate of drug-likeness (QED) is 0.804. The van der Waals surface area contributed by atoms with E-state index in [2.05, 4.69) is 25.0 Å². The Morgan fingerprint density at radius 1 is 1.40 bits per heavy atom. The molecule has 110 valence electrons. The normalized spacial score (nSPS) is 18.2. The topological polar surface area (TPSA) is 44.9 Å². The van der Waals surface area contributed by atoms with Crippen LogP contribution in [0.3, 0.4) is 0 Å². The predicted octanol–water partition coefficient (Wildman–Crippen LogP) is 2.24. The number of halogens is 2. The summed E-state index contributed by atoms with van der Waals surface area (Å²) in [6.45, 7) is 3.70. The van der Waals surface area contributed by atoms with Crippen LogP contribution in [0.4, 0.5) is 8.78 Å². The van der Waals surface area contributed by atoms with E-state index in [0.29, 0.717) is 25.4 Å². The fourth-order valence-electron chi connectivity index (χ4n) is 2.58. The number of hydrogen-bond donors (Lipinski definition) is 0. The summed E-state index contributed by atoms with van der Waals surface area (Å²) in [5.41, 5.74) is 0.665. The SMILES string of the molecule is CC(C)c1cnn(C2(CC#N)CN(C(CF)CF)C2)c1. The van der Waals surface area contributed by atoms with Crippen LogP contribution >= 0.6 is 0 Å². The number of nitrogens with zero attached hydrogens (tertiary/aromatic N) is 4. The van der Waals surface area contributed by atoms with Crippen LogP contribution in [0.5, 0.6) is 0 Å². The highest BCUT2D eigenvalue weighted by molar-refractivity contribution is 5.14. The van der Waals surface area contributed by atoms with Gasteiger partial charge in [-0.15, -0.1) is 0 Å². The van der Waals surface area contributed by atoms with Crippen LogP contribution in [0.1, 0.15) is 31.7 Å². The third kappa shape index (κ3) is 2.55. The molecule has 0 bridgehead atoms. The van der Waals surface area contributed by atoms with Gasteiger partial charge in [-0.1, -0.05) is 13.8 Å². The molecule has 1 aromatic rings. The van der Waals surface area contributed by atoms with Crippen molar-refractivity contribution in [3.63, 3.8) is 0 Å². The highest BCUT2D eigenvalue weighted by Gasteiger charge is 2.47. The van der Waals surface area contributed by atoms with Crippen molar-refractivity contribution in [3.05, 3.63) is 18.0 Å². The molecule has 1 aliphatic rings. The minimum atomic E-state index is -0.699. The van der Waals surface area contributed by atoms with Gasteiger partial charge < -0.3 is 0 Å². The van der Waals surface area contributed by atoms with Crippen LogP contribution in [0, 0.1) is 11.3 Å². The van der Waals surface area contributed by atoms with Crippen molar-refractivity contribution >= 4 is 0 Å². The molecule has 0 unspecified atom stereocenters. The van der Waals surface area contributed by atoms with Crippen LogP contribution < -0.4 is 0 Å². The molecule has 6 heteroatoms. The number of rotatable bonds is 6. The predicted molar refractivity (Wildman–Crippen MR) is 71.8 cm³/mol. The van der Waals surface area contributed by atoms with Gasteiger partial charge in [-0.25, -0.2) is 8.78 Å². The lowest BCUT2D eigenvalue weighted by molar-refractivity contribution is -0.0384. The number of aromatic nitrogens is 2. The van der Waals surface area contributed by atoms with Crippen molar-refractivity contribution in [1.82, 2.24) is 14.7 Å². The first-order chi connectivity index (χ1) is 9.56. The van der Waals surface area contributed by atoms with Gasteiger partial charge in [0.2, 0.25) is 0 Å². The Hall–Kier alpha value is -1.48. The zero-order valence-electron chi connectivity index (χ0n) is 11.9. The molecule has 0 amide bonds. The maximum atomic E-state index is 12.7. The van der Waals surface area contributed by atoms with Gasteiger partial charge in [0.1, 0.15) is 18.9 Å². The van der Waals surface area contributed by atoms with Gasteiger partial charge in [0.15, 0.2) is 0 Å². The molecule has 0 aromatic carbocycles. The highest BCUT2D eigenvalue weighted by atomic mass is 19.1. The van der Waals surface area contributed by atoms with E-state index in [1.54, 1.807) is 15.8 Å². The standard InChI is InChI=1S/C14H20F2N4/c1-11(2)12-7-18-20(8-12)14(3-4-17)9-19(10-14)13(5-15)6-16/h7-8,11,13H,3,5-6,9-10H2,1-2H3. The van der Waals surface area contributed by atoms with Crippen molar-refractivity contribution in [1.29, 1.82) is 5.26 Å². The van der Waals surface area contributed by atoms with Crippen molar-refractivity contribution in [3.8, 4) is 6.07 Å². The molecular formula is C14H20F2N4. The van der Waals surface area contributed by atoms with Gasteiger partial charge in [-0.3, -0.25) is 9.58 Å². The Kier molecular flexibility index (Phi) is 4.39. The lowest BCUT2D eigenvalue weighted by Gasteiger charge is -2.51. The van der Waals surface area contributed by atoms with Gasteiger partial charge in [0.05, 0.1) is 24.7 Å². The van der Waals surface area contributed by atoms with E-state index in [4.69, 9.17) is 5.26 Å². The summed E-state index contributed by atoms with van der Waals surface area (Å²) in [7, 11) is 0. The molecule has 1 saturated heterocycles. The van der Waals surface area contributed by atoms with Crippen LogP contribution in [-0.2, 0) is 5.54 Å². The Bertz CT molecular complexity index is 482. The maximum absolute atomic E-state index is 12.7. The second kappa shape index (κ2) is 5.88. The second-order valence-electron chi connectivity index (χ2n) is 5.80. The van der Waals surface area contributed by atoms with Crippen LogP contribution in [0.15, 0.2) is 12.4 Å². The fourth-order valence-corrected chi connectivity index (χ4v) is 2.58. The largest absolute Gasteiger partial charge is 0.290 e. The number of nitriles is 1. The first-order valence-electron chi connectivity index (χ1n) is 6.84. The smallest absolute Gasteiger partial charge is 0.107 e. The lowest BCUT2D eigenvalue weighted by atomic mass is 9.85. The first kappa shape index (κ1) is 14.9. The molecule has 2 heterocycles. The molecule has 1 aliphatic heterocycles. The van der Waals surface area contributed by atoms with E-state index in [-0.39, 0.29) is 0 Å². The number of hydrogen-bond acceptors (Lipinski definition) is 3. The summed E-state index contributed by atoms with van der Waals surface area (Å²) >= 11 is 0. The van der Waals surface area contributed by atoms with E-state index < -0.39 is 24.9 Å². The third-order valence-electron chi connectivity index (χ3n) is 4.03. The van der Waals surface area contributed by atoms with Crippen molar-refractivity contribution in [2.45, 2.75) is 37.8 Å². The zero-order chi connectivity index (χ0) is 14.8. The summed E-state index contributed by atoms with van der Waals surface area (Å²) in [5.74, 6) is 0.364. The summed E-state index contributed by atoms with van der Waals surface area (Å²) < 4.78 is 27.2. The van der Waals surface area contributed by atoms with Crippen LogP contribution in [-0.4, -0.2) is 47.2 Å². The maximum Gasteiger partial charge on any atom is 0.107 e. The van der Waals surface area contributed by atoms with E-state index in [0.717, 1.165) is 5.56 Å². The molecule has 0 aliphatic carbocycles. The number of alkyl halides is 2. The van der Waals surface area contributed by atoms with Crippen LogP contribution in [0.2, 0.25) is 0 Å². The second-order valence-corrected chi connectivity index (χ2v) is 5.80. The Labute approximate surface area is 118 Å². The monoisotopic (exact) mass is 282 g/mol. The molecule has 0 saturated carbocycles. The average molecular weight is 282 g/mol. The lowest BCUT2D eigenvalue weighted by Crippen LogP contribution is -2.66. The first-order valence-corrected chi connectivity index (χ1v) is 6.84. The summed E-state index contributed by atoms with van der Waals surface area (Å²) in [5, 5.41) is 13.4. The summed E-state index contributed by atoms with van der Waals surface area (Å²) in [6, 6.07) is 1.48. The molecule has 4 nitrogen and oxygen atoms in total. The van der Waals surface area contributed by atoms with Gasteiger partial charge in [0, 0.05) is 19.3 Å². The Morgan fingerprint density at radius 2 is 2.05 bits per heavy atom. The highest BCUT2D eigenvalue weighted by Crippen LogP contribution is 2.34. The number of likely N-dealkylation sites (tertiary alicyclic amines) is 1. The molecule has 0 spiro atoms. The molecule has 0 N–H and O–H groups in total. The van der Waals surface area contributed by atoms with E-state index in [9.17, 15) is 8.78 Å². The minimum absolute atomic E-state index is 0.300. The van der Waals surface area contributed by atoms with Gasteiger partial charge in [-0.05, 0) is 11.5 Å². The molecule has 20 heavy (non-hydrogen) atoms. The molecule has 0 radical (unpaired) electrons. The third-order valence-corrected chi connectivity index (χ3v) is 4.03. The minimum Gasteiger partial charge on any atom is -0.290 e. The van der Waals surface area contributed by atoms with E-state index >= 15 is 0 Å². The zero-order valence-corrected chi connectivity index (χ0v) is 11.9. The van der Waals surface area contributed by atoms with Gasteiger partial charge in [0.25, 0.3) is 0 Å². The van der Waals surface area contributed by atoms with Gasteiger partial charge in [-0.2, -0.15) is 10.4 Å². The fraction of sp³-hybridized carbons (Fsp3) is 0.714. The summed E-state index contributed by atoms with van der Waals surface area (Å²) in [4.78, 5) is 1.74. The molecule has 1 fully saturated rings. The molecule has 0 atom stereocenters. The van der Waals surface area contributed by atoms with E-state index in [1.807, 2.05) is 6.20 Å². The molecule has 1 aromatic heterocycles. The summed E-state index contributed by atoms with van der Waals surface area (Å²) in [6.07, 6.45) is 4.04. The Morgan fingerprint density at radius 3 is 2.50 bits per heavy atom. The van der Waals surface area contributed by atoms with Gasteiger partial charge >= 0.3 is 0 Å². The van der Waals surface area contributed by atoms with E-state index in [1.165, 1.54) is 0 Å². The van der Waals surface area contributed by atoms with Crippen LogP contribution in [0.25, 0.3) is 0 Å².